The van der Waals surface area contributed by atoms with E-state index in [0.717, 1.165) is 18.4 Å². The Labute approximate surface area is 103 Å². The van der Waals surface area contributed by atoms with Crippen LogP contribution in [0.4, 0.5) is 0 Å². The zero-order chi connectivity index (χ0) is 12.1. The zero-order valence-corrected chi connectivity index (χ0v) is 10.4. The van der Waals surface area contributed by atoms with Gasteiger partial charge in [-0.05, 0) is 22.8 Å². The van der Waals surface area contributed by atoms with Gasteiger partial charge < -0.3 is 5.11 Å². The summed E-state index contributed by atoms with van der Waals surface area (Å²) in [6.07, 6.45) is 4.03. The van der Waals surface area contributed by atoms with Gasteiger partial charge in [-0.3, -0.25) is 0 Å². The van der Waals surface area contributed by atoms with E-state index < -0.39 is 0 Å². The minimum atomic E-state index is -0.326. The highest BCUT2D eigenvalue weighted by molar-refractivity contribution is 5.85. The highest BCUT2D eigenvalue weighted by Gasteiger charge is 2.09. The average molecular weight is 228 g/mol. The number of aliphatic hydroxyl groups excluding tert-OH is 1. The minimum Gasteiger partial charge on any atom is -0.388 e. The first kappa shape index (κ1) is 12.1. The highest BCUT2D eigenvalue weighted by atomic mass is 16.3. The second-order valence-corrected chi connectivity index (χ2v) is 4.58. The molecule has 0 aromatic heterocycles. The van der Waals surface area contributed by atoms with Crippen molar-refractivity contribution < 1.29 is 5.11 Å². The van der Waals surface area contributed by atoms with Gasteiger partial charge in [-0.15, -0.1) is 0 Å². The summed E-state index contributed by atoms with van der Waals surface area (Å²) < 4.78 is 0. The molecule has 0 aliphatic rings. The van der Waals surface area contributed by atoms with Gasteiger partial charge in [-0.1, -0.05) is 68.7 Å². The van der Waals surface area contributed by atoms with Crippen LogP contribution in [0.1, 0.15) is 44.3 Å². The van der Waals surface area contributed by atoms with E-state index in [1.54, 1.807) is 0 Å². The van der Waals surface area contributed by atoms with Crippen molar-refractivity contribution in [1.82, 2.24) is 0 Å². The quantitative estimate of drug-likeness (QED) is 0.749. The van der Waals surface area contributed by atoms with Gasteiger partial charge in [0.05, 0.1) is 6.10 Å². The van der Waals surface area contributed by atoms with Gasteiger partial charge >= 0.3 is 0 Å². The molecule has 90 valence electrons. The molecule has 0 amide bonds. The van der Waals surface area contributed by atoms with Crippen LogP contribution in [0.25, 0.3) is 10.8 Å². The van der Waals surface area contributed by atoms with Crippen LogP contribution in [0.5, 0.6) is 0 Å². The third kappa shape index (κ3) is 2.86. The Hall–Kier alpha value is -1.34. The fourth-order valence-electron chi connectivity index (χ4n) is 2.28. The topological polar surface area (TPSA) is 20.2 Å². The second-order valence-electron chi connectivity index (χ2n) is 4.58. The van der Waals surface area contributed by atoms with E-state index in [4.69, 9.17) is 0 Å². The largest absolute Gasteiger partial charge is 0.388 e. The SMILES string of the molecule is CCCCCC(O)c1cccc2ccccc12. The molecule has 0 aliphatic carbocycles. The molecule has 0 aliphatic heterocycles. The van der Waals surface area contributed by atoms with Crippen molar-refractivity contribution >= 4 is 10.8 Å². The van der Waals surface area contributed by atoms with Gasteiger partial charge in [0, 0.05) is 0 Å². The zero-order valence-electron chi connectivity index (χ0n) is 10.4. The summed E-state index contributed by atoms with van der Waals surface area (Å²) in [6, 6.07) is 14.4. The molecule has 1 nitrogen and oxygen atoms in total. The molecule has 0 saturated heterocycles. The Morgan fingerprint density at radius 1 is 1.00 bits per heavy atom. The Bertz CT molecular complexity index is 470. The van der Waals surface area contributed by atoms with E-state index in [1.165, 1.54) is 23.6 Å². The molecule has 0 saturated carbocycles. The smallest absolute Gasteiger partial charge is 0.0796 e. The summed E-state index contributed by atoms with van der Waals surface area (Å²) in [4.78, 5) is 0. The minimum absolute atomic E-state index is 0.326. The Morgan fingerprint density at radius 2 is 1.76 bits per heavy atom. The fourth-order valence-corrected chi connectivity index (χ4v) is 2.28. The van der Waals surface area contributed by atoms with Crippen molar-refractivity contribution in [1.29, 1.82) is 0 Å². The van der Waals surface area contributed by atoms with Crippen LogP contribution < -0.4 is 0 Å². The van der Waals surface area contributed by atoms with Crippen LogP contribution in [-0.2, 0) is 0 Å². The molecule has 0 radical (unpaired) electrons. The Balaban J connectivity index is 2.22. The molecular weight excluding hydrogens is 208 g/mol. The van der Waals surface area contributed by atoms with Crippen molar-refractivity contribution in [2.24, 2.45) is 0 Å². The fraction of sp³-hybridized carbons (Fsp3) is 0.375. The average Bonchev–Trinajstić information content (AvgIpc) is 2.38. The van der Waals surface area contributed by atoms with Crippen LogP contribution >= 0.6 is 0 Å². The van der Waals surface area contributed by atoms with Crippen LogP contribution in [0, 0.1) is 0 Å². The van der Waals surface area contributed by atoms with E-state index in [-0.39, 0.29) is 6.10 Å². The summed E-state index contributed by atoms with van der Waals surface area (Å²) >= 11 is 0. The maximum absolute atomic E-state index is 10.2. The lowest BCUT2D eigenvalue weighted by molar-refractivity contribution is 0.165. The number of unbranched alkanes of at least 4 members (excludes halogenated alkanes) is 2. The molecule has 0 spiro atoms. The Morgan fingerprint density at radius 3 is 2.59 bits per heavy atom. The van der Waals surface area contributed by atoms with Gasteiger partial charge in [0.2, 0.25) is 0 Å². The van der Waals surface area contributed by atoms with Crippen molar-refractivity contribution in [3.63, 3.8) is 0 Å². The molecule has 1 atom stereocenters. The summed E-state index contributed by atoms with van der Waals surface area (Å²) in [5, 5.41) is 12.6. The van der Waals surface area contributed by atoms with E-state index in [2.05, 4.69) is 25.1 Å². The maximum Gasteiger partial charge on any atom is 0.0796 e. The Kier molecular flexibility index (Phi) is 4.16. The molecule has 0 bridgehead atoms. The summed E-state index contributed by atoms with van der Waals surface area (Å²) in [5.41, 5.74) is 1.07. The first-order valence-corrected chi connectivity index (χ1v) is 6.48. The van der Waals surface area contributed by atoms with Gasteiger partial charge in [0.15, 0.2) is 0 Å². The lowest BCUT2D eigenvalue weighted by atomic mass is 9.97. The molecule has 2 aromatic carbocycles. The van der Waals surface area contributed by atoms with Crippen molar-refractivity contribution in [3.05, 3.63) is 48.0 Å². The number of aliphatic hydroxyl groups is 1. The molecule has 1 unspecified atom stereocenters. The molecule has 1 N–H and O–H groups in total. The third-order valence-corrected chi connectivity index (χ3v) is 3.26. The standard InChI is InChI=1S/C16H20O/c1-2-3-4-12-16(17)15-11-7-9-13-8-5-6-10-14(13)15/h5-11,16-17H,2-4,12H2,1H3. The van der Waals surface area contributed by atoms with Crippen LogP contribution in [-0.4, -0.2) is 5.11 Å². The van der Waals surface area contributed by atoms with Crippen molar-refractivity contribution in [2.45, 2.75) is 38.7 Å². The van der Waals surface area contributed by atoms with Gasteiger partial charge in [0.1, 0.15) is 0 Å². The number of hydrogen-bond donors (Lipinski definition) is 1. The first-order valence-electron chi connectivity index (χ1n) is 6.48. The normalized spacial score (nSPS) is 12.8. The summed E-state index contributed by atoms with van der Waals surface area (Å²) in [6.45, 7) is 2.18. The van der Waals surface area contributed by atoms with Gasteiger partial charge in [-0.25, -0.2) is 0 Å². The number of rotatable bonds is 5. The molecule has 17 heavy (non-hydrogen) atoms. The molecule has 2 rings (SSSR count). The van der Waals surface area contributed by atoms with E-state index in [0.29, 0.717) is 0 Å². The predicted octanol–water partition coefficient (Wildman–Crippen LogP) is 4.45. The summed E-state index contributed by atoms with van der Waals surface area (Å²) in [7, 11) is 0. The second kappa shape index (κ2) is 5.83. The van der Waals surface area contributed by atoms with Gasteiger partial charge in [-0.2, -0.15) is 0 Å². The van der Waals surface area contributed by atoms with Crippen molar-refractivity contribution in [3.8, 4) is 0 Å². The number of benzene rings is 2. The molecule has 2 aromatic rings. The molecular formula is C16H20O. The third-order valence-electron chi connectivity index (χ3n) is 3.26. The monoisotopic (exact) mass is 228 g/mol. The van der Waals surface area contributed by atoms with E-state index in [9.17, 15) is 5.11 Å². The predicted molar refractivity (Wildman–Crippen MR) is 73.0 cm³/mol. The van der Waals surface area contributed by atoms with Crippen LogP contribution in [0.3, 0.4) is 0 Å². The van der Waals surface area contributed by atoms with E-state index in [1.807, 2.05) is 24.3 Å². The first-order chi connectivity index (χ1) is 8.33. The van der Waals surface area contributed by atoms with Gasteiger partial charge in [0.25, 0.3) is 0 Å². The molecule has 0 heterocycles. The maximum atomic E-state index is 10.2. The highest BCUT2D eigenvalue weighted by Crippen LogP contribution is 2.27. The lowest BCUT2D eigenvalue weighted by Crippen LogP contribution is -1.98. The molecule has 1 heteroatoms. The number of hydrogen-bond acceptors (Lipinski definition) is 1. The molecule has 0 fully saturated rings. The lowest BCUT2D eigenvalue weighted by Gasteiger charge is -2.13. The van der Waals surface area contributed by atoms with Crippen LogP contribution in [0.15, 0.2) is 42.5 Å². The van der Waals surface area contributed by atoms with Crippen LogP contribution in [0.2, 0.25) is 0 Å². The van der Waals surface area contributed by atoms with Crippen molar-refractivity contribution in [2.75, 3.05) is 0 Å². The number of fused-ring (bicyclic) bond motifs is 1. The summed E-state index contributed by atoms with van der Waals surface area (Å²) in [5.74, 6) is 0. The van der Waals surface area contributed by atoms with E-state index >= 15 is 0 Å².